The third-order valence-electron chi connectivity index (χ3n) is 4.70. The van der Waals surface area contributed by atoms with E-state index in [0.29, 0.717) is 6.42 Å². The minimum absolute atomic E-state index is 0.0664. The molecule has 0 saturated carbocycles. The molecule has 1 aliphatic rings. The van der Waals surface area contributed by atoms with Gasteiger partial charge in [0, 0.05) is 24.9 Å². The summed E-state index contributed by atoms with van der Waals surface area (Å²) in [5.74, 6) is 0. The first kappa shape index (κ1) is 20.8. The molecule has 1 aromatic heterocycles. The summed E-state index contributed by atoms with van der Waals surface area (Å²) in [6.45, 7) is 0. The summed E-state index contributed by atoms with van der Waals surface area (Å²) in [5.41, 5.74) is -4.85. The fourth-order valence-corrected chi connectivity index (χ4v) is 3.99. The lowest BCUT2D eigenvalue weighted by molar-refractivity contribution is -0.0436. The zero-order valence-corrected chi connectivity index (χ0v) is 16.6. The van der Waals surface area contributed by atoms with Gasteiger partial charge in [-0.1, -0.05) is 24.3 Å². The smallest absolute Gasteiger partial charge is 0.288 e. The van der Waals surface area contributed by atoms with Gasteiger partial charge in [-0.15, -0.1) is 0 Å². The molecule has 31 heavy (non-hydrogen) atoms. The molecule has 7 nitrogen and oxygen atoms in total. The lowest BCUT2D eigenvalue weighted by atomic mass is 10.1. The largest absolute Gasteiger partial charge is 0.501 e. The van der Waals surface area contributed by atoms with Crippen molar-refractivity contribution in [3.63, 3.8) is 0 Å². The lowest BCUT2D eigenvalue weighted by Gasteiger charge is -2.23. The molecule has 0 aliphatic carbocycles. The van der Waals surface area contributed by atoms with E-state index in [4.69, 9.17) is 0 Å². The van der Waals surface area contributed by atoms with E-state index in [2.05, 4.69) is 10.2 Å². The second-order valence-electron chi connectivity index (χ2n) is 6.69. The summed E-state index contributed by atoms with van der Waals surface area (Å²) in [4.78, 5) is 11.6. The van der Waals surface area contributed by atoms with Gasteiger partial charge in [-0.3, -0.25) is 9.80 Å². The van der Waals surface area contributed by atoms with Crippen LogP contribution >= 0.6 is 0 Å². The third-order valence-corrected chi connectivity index (χ3v) is 6.18. The molecule has 0 N–H and O–H groups in total. The molecular formula is C20H15F3N4O3S. The summed E-state index contributed by atoms with van der Waals surface area (Å²) >= 11 is 0. The number of aromatic nitrogens is 2. The van der Waals surface area contributed by atoms with Gasteiger partial charge in [0.1, 0.15) is 11.7 Å². The second-order valence-corrected chi connectivity index (χ2v) is 8.63. The number of hydrogen-bond acceptors (Lipinski definition) is 6. The van der Waals surface area contributed by atoms with Crippen molar-refractivity contribution in [3.8, 4) is 5.69 Å². The number of benzene rings is 2. The van der Waals surface area contributed by atoms with Gasteiger partial charge < -0.3 is 0 Å². The first-order valence-corrected chi connectivity index (χ1v) is 10.6. The van der Waals surface area contributed by atoms with E-state index in [1.807, 2.05) is 30.3 Å². The Morgan fingerprint density at radius 1 is 0.968 bits per heavy atom. The van der Waals surface area contributed by atoms with E-state index < -0.39 is 26.3 Å². The number of sulfone groups is 1. The highest BCUT2D eigenvalue weighted by Crippen LogP contribution is 2.32. The summed E-state index contributed by atoms with van der Waals surface area (Å²) in [7, 11) is -5.52. The predicted molar refractivity (Wildman–Crippen MR) is 108 cm³/mol. The van der Waals surface area contributed by atoms with Crippen LogP contribution in [0.25, 0.3) is 5.69 Å². The zero-order valence-electron chi connectivity index (χ0n) is 15.8. The zero-order chi connectivity index (χ0) is 22.2. The van der Waals surface area contributed by atoms with Gasteiger partial charge in [0.05, 0.1) is 16.3 Å². The van der Waals surface area contributed by atoms with E-state index >= 15 is 0 Å². The Kier molecular flexibility index (Phi) is 5.13. The average Bonchev–Trinajstić information content (AvgIpc) is 3.24. The maximum atomic E-state index is 12.9. The fraction of sp³-hybridized carbons (Fsp3) is 0.150. The standard InChI is InChI=1S/C20H15F3N4O3S/c21-20(22,23)31(29,30)16-8-4-7-15(13-16)26-12-10-18(28)19(25-26)17-9-11-24-27(17)14-5-2-1-3-6-14/h1-8,10-13,17H,9H2. The molecule has 11 heteroatoms. The van der Waals surface area contributed by atoms with Crippen molar-refractivity contribution in [1.82, 2.24) is 9.78 Å². The number of alkyl halides is 3. The summed E-state index contributed by atoms with van der Waals surface area (Å²) in [6.07, 6.45) is 3.32. The molecule has 0 fully saturated rings. The van der Waals surface area contributed by atoms with Gasteiger partial charge >= 0.3 is 5.51 Å². The molecule has 0 amide bonds. The number of halogens is 3. The van der Waals surface area contributed by atoms with Gasteiger partial charge in [-0.05, 0) is 30.3 Å². The highest BCUT2D eigenvalue weighted by atomic mass is 32.2. The number of rotatable bonds is 4. The Labute approximate surface area is 175 Å². The van der Waals surface area contributed by atoms with Crippen LogP contribution < -0.4 is 10.4 Å². The maximum Gasteiger partial charge on any atom is 0.501 e. The van der Waals surface area contributed by atoms with Crippen molar-refractivity contribution < 1.29 is 21.6 Å². The number of anilines is 1. The van der Waals surface area contributed by atoms with Crippen LogP contribution in [0.5, 0.6) is 0 Å². The molecule has 160 valence electrons. The second kappa shape index (κ2) is 7.65. The Morgan fingerprint density at radius 3 is 2.39 bits per heavy atom. The number of para-hydroxylation sites is 1. The topological polar surface area (TPSA) is 84.6 Å². The number of hydrogen-bond donors (Lipinski definition) is 0. The van der Waals surface area contributed by atoms with Crippen molar-refractivity contribution in [2.45, 2.75) is 22.9 Å². The summed E-state index contributed by atoms with van der Waals surface area (Å²) < 4.78 is 63.4. The molecule has 1 unspecified atom stereocenters. The van der Waals surface area contributed by atoms with Crippen LogP contribution in [0.1, 0.15) is 18.2 Å². The molecule has 1 aliphatic heterocycles. The molecule has 4 rings (SSSR count). The van der Waals surface area contributed by atoms with Crippen LogP contribution in [-0.2, 0) is 9.84 Å². The van der Waals surface area contributed by atoms with Crippen LogP contribution in [0, 0.1) is 0 Å². The molecule has 1 atom stereocenters. The summed E-state index contributed by atoms with van der Waals surface area (Å²) in [6, 6.07) is 14.2. The number of hydrazone groups is 1. The first-order valence-electron chi connectivity index (χ1n) is 9.07. The lowest BCUT2D eigenvalue weighted by Crippen LogP contribution is -2.27. The van der Waals surface area contributed by atoms with Gasteiger partial charge in [0.25, 0.3) is 9.84 Å². The quantitative estimate of drug-likeness (QED) is 0.610. The normalized spacial score (nSPS) is 16.6. The third kappa shape index (κ3) is 3.83. The highest BCUT2D eigenvalue weighted by molar-refractivity contribution is 7.92. The SMILES string of the molecule is O=c1ccn(-c2cccc(S(=O)(=O)C(F)(F)F)c2)nc1C1CC=NN1c1ccccc1. The molecule has 0 spiro atoms. The fourth-order valence-electron chi connectivity index (χ4n) is 3.19. The van der Waals surface area contributed by atoms with Crippen molar-refractivity contribution in [1.29, 1.82) is 0 Å². The van der Waals surface area contributed by atoms with Crippen LogP contribution in [0.2, 0.25) is 0 Å². The number of nitrogens with zero attached hydrogens (tertiary/aromatic N) is 4. The van der Waals surface area contributed by atoms with Crippen molar-refractivity contribution >= 4 is 21.7 Å². The van der Waals surface area contributed by atoms with E-state index in [1.165, 1.54) is 29.1 Å². The van der Waals surface area contributed by atoms with Gasteiger partial charge in [-0.25, -0.2) is 13.1 Å². The molecular weight excluding hydrogens is 433 g/mol. The molecule has 3 aromatic rings. The highest BCUT2D eigenvalue weighted by Gasteiger charge is 2.46. The minimum Gasteiger partial charge on any atom is -0.288 e. The molecule has 2 aromatic carbocycles. The molecule has 0 saturated heterocycles. The van der Waals surface area contributed by atoms with Gasteiger partial charge in [0.15, 0.2) is 0 Å². The predicted octanol–water partition coefficient (Wildman–Crippen LogP) is 3.46. The molecule has 0 bridgehead atoms. The van der Waals surface area contributed by atoms with Gasteiger partial charge in [0.2, 0.25) is 5.43 Å². The maximum absolute atomic E-state index is 12.9. The summed E-state index contributed by atoms with van der Waals surface area (Å²) in [5, 5.41) is 10.2. The van der Waals surface area contributed by atoms with Crippen LogP contribution in [0.4, 0.5) is 18.9 Å². The van der Waals surface area contributed by atoms with Crippen LogP contribution in [-0.4, -0.2) is 29.9 Å². The Hall–Kier alpha value is -3.47. The molecule has 2 heterocycles. The first-order chi connectivity index (χ1) is 14.7. The Bertz CT molecular complexity index is 1300. The Morgan fingerprint density at radius 2 is 1.68 bits per heavy atom. The van der Waals surface area contributed by atoms with E-state index in [-0.39, 0.29) is 16.8 Å². The van der Waals surface area contributed by atoms with E-state index in [9.17, 15) is 26.4 Å². The average molecular weight is 448 g/mol. The van der Waals surface area contributed by atoms with Crippen molar-refractivity contribution in [3.05, 3.63) is 82.8 Å². The van der Waals surface area contributed by atoms with E-state index in [1.54, 1.807) is 11.2 Å². The van der Waals surface area contributed by atoms with E-state index in [0.717, 1.165) is 17.8 Å². The molecule has 0 radical (unpaired) electrons. The van der Waals surface area contributed by atoms with Crippen LogP contribution in [0.3, 0.4) is 0 Å². The van der Waals surface area contributed by atoms with Crippen LogP contribution in [0.15, 0.2) is 81.7 Å². The van der Waals surface area contributed by atoms with Crippen molar-refractivity contribution in [2.75, 3.05) is 5.01 Å². The minimum atomic E-state index is -5.52. The monoisotopic (exact) mass is 448 g/mol. The van der Waals surface area contributed by atoms with Crippen molar-refractivity contribution in [2.24, 2.45) is 5.10 Å². The van der Waals surface area contributed by atoms with Gasteiger partial charge in [-0.2, -0.15) is 23.4 Å². The Balaban J connectivity index is 1.75.